The van der Waals surface area contributed by atoms with Crippen molar-refractivity contribution in [2.24, 2.45) is 5.92 Å². The van der Waals surface area contributed by atoms with Gasteiger partial charge in [0.2, 0.25) is 11.8 Å². The normalized spacial score (nSPS) is 22.5. The van der Waals surface area contributed by atoms with Gasteiger partial charge in [-0.3, -0.25) is 14.5 Å². The number of amides is 2. The monoisotopic (exact) mass is 321 g/mol. The molecule has 1 aromatic rings. The predicted molar refractivity (Wildman–Crippen MR) is 82.5 cm³/mol. The second kappa shape index (κ2) is 7.61. The zero-order chi connectivity index (χ0) is 16.1. The van der Waals surface area contributed by atoms with E-state index in [0.29, 0.717) is 31.8 Å². The van der Waals surface area contributed by atoms with Crippen molar-refractivity contribution in [3.8, 4) is 0 Å². The molecule has 126 valence electrons. The number of ether oxygens (including phenoxy) is 1. The van der Waals surface area contributed by atoms with Gasteiger partial charge in [0.1, 0.15) is 5.76 Å². The van der Waals surface area contributed by atoms with E-state index in [4.69, 9.17) is 9.15 Å². The molecule has 0 aromatic carbocycles. The Labute approximate surface area is 135 Å². The van der Waals surface area contributed by atoms with Crippen LogP contribution in [0, 0.1) is 5.92 Å². The number of hydrogen-bond acceptors (Lipinski definition) is 5. The maximum atomic E-state index is 12.2. The van der Waals surface area contributed by atoms with Gasteiger partial charge in [0.05, 0.1) is 31.9 Å². The molecule has 0 aliphatic carbocycles. The number of hydrogen-bond donors (Lipinski definition) is 1. The molecule has 1 unspecified atom stereocenters. The topological polar surface area (TPSA) is 75.0 Å². The van der Waals surface area contributed by atoms with Crippen LogP contribution in [0.15, 0.2) is 22.8 Å². The van der Waals surface area contributed by atoms with Crippen LogP contribution in [0.25, 0.3) is 0 Å². The van der Waals surface area contributed by atoms with Gasteiger partial charge in [0.15, 0.2) is 0 Å². The lowest BCUT2D eigenvalue weighted by Crippen LogP contribution is -2.42. The summed E-state index contributed by atoms with van der Waals surface area (Å²) in [6.07, 6.45) is 1.88. The highest BCUT2D eigenvalue weighted by atomic mass is 16.5. The molecule has 23 heavy (non-hydrogen) atoms. The summed E-state index contributed by atoms with van der Waals surface area (Å²) in [5.41, 5.74) is 0. The zero-order valence-electron chi connectivity index (χ0n) is 13.2. The van der Waals surface area contributed by atoms with E-state index in [1.165, 1.54) is 0 Å². The van der Waals surface area contributed by atoms with Gasteiger partial charge in [-0.15, -0.1) is 0 Å². The second-order valence-corrected chi connectivity index (χ2v) is 5.99. The Hall–Kier alpha value is -1.86. The highest BCUT2D eigenvalue weighted by molar-refractivity contribution is 5.89. The van der Waals surface area contributed by atoms with E-state index in [0.717, 1.165) is 32.8 Å². The van der Waals surface area contributed by atoms with Gasteiger partial charge in [-0.25, -0.2) is 0 Å². The lowest BCUT2D eigenvalue weighted by atomic mass is 10.1. The molecule has 1 atom stereocenters. The number of furan rings is 1. The van der Waals surface area contributed by atoms with E-state index in [1.54, 1.807) is 17.2 Å². The summed E-state index contributed by atoms with van der Waals surface area (Å²) in [5, 5.41) is 2.84. The zero-order valence-corrected chi connectivity index (χ0v) is 13.2. The largest absolute Gasteiger partial charge is 0.467 e. The number of carbonyl (C=O) groups excluding carboxylic acids is 2. The molecule has 7 nitrogen and oxygen atoms in total. The molecule has 0 saturated carbocycles. The van der Waals surface area contributed by atoms with Crippen molar-refractivity contribution in [2.45, 2.75) is 13.0 Å². The summed E-state index contributed by atoms with van der Waals surface area (Å²) in [7, 11) is 0. The molecule has 2 amide bonds. The summed E-state index contributed by atoms with van der Waals surface area (Å²) in [4.78, 5) is 28.3. The maximum Gasteiger partial charge on any atom is 0.225 e. The minimum absolute atomic E-state index is 0.0661. The van der Waals surface area contributed by atoms with Crippen molar-refractivity contribution < 1.29 is 18.7 Å². The molecule has 3 heterocycles. The Kier molecular flexibility index (Phi) is 5.30. The average Bonchev–Trinajstić information content (AvgIpc) is 3.21. The molecule has 1 N–H and O–H groups in total. The van der Waals surface area contributed by atoms with Crippen LogP contribution in [0.2, 0.25) is 0 Å². The minimum Gasteiger partial charge on any atom is -0.467 e. The molecular weight excluding hydrogens is 298 g/mol. The van der Waals surface area contributed by atoms with Crippen LogP contribution in [0.3, 0.4) is 0 Å². The van der Waals surface area contributed by atoms with Crippen molar-refractivity contribution >= 4 is 11.8 Å². The van der Waals surface area contributed by atoms with Crippen LogP contribution in [-0.4, -0.2) is 67.6 Å². The Bertz CT molecular complexity index is 525. The predicted octanol–water partition coefficient (Wildman–Crippen LogP) is 0.0765. The third-order valence-corrected chi connectivity index (χ3v) is 4.39. The van der Waals surface area contributed by atoms with Gasteiger partial charge in [-0.2, -0.15) is 0 Å². The van der Waals surface area contributed by atoms with Gasteiger partial charge < -0.3 is 19.4 Å². The van der Waals surface area contributed by atoms with Crippen molar-refractivity contribution in [1.29, 1.82) is 0 Å². The molecular formula is C16H23N3O4. The molecule has 3 rings (SSSR count). The Morgan fingerprint density at radius 3 is 2.87 bits per heavy atom. The first-order valence-corrected chi connectivity index (χ1v) is 8.10. The number of nitrogens with zero attached hydrogens (tertiary/aromatic N) is 2. The molecule has 2 saturated heterocycles. The van der Waals surface area contributed by atoms with Crippen LogP contribution in [0.4, 0.5) is 0 Å². The van der Waals surface area contributed by atoms with Gasteiger partial charge in [0.25, 0.3) is 0 Å². The molecule has 2 aliphatic rings. The lowest BCUT2D eigenvalue weighted by molar-refractivity contribution is -0.129. The molecule has 0 spiro atoms. The fraction of sp³-hybridized carbons (Fsp3) is 0.625. The van der Waals surface area contributed by atoms with Crippen LogP contribution in [0.5, 0.6) is 0 Å². The highest BCUT2D eigenvalue weighted by Gasteiger charge is 2.34. The van der Waals surface area contributed by atoms with E-state index >= 15 is 0 Å². The molecule has 7 heteroatoms. The summed E-state index contributed by atoms with van der Waals surface area (Å²) < 4.78 is 10.5. The number of carbonyl (C=O) groups is 2. The first-order chi connectivity index (χ1) is 11.2. The van der Waals surface area contributed by atoms with Crippen molar-refractivity contribution in [2.75, 3.05) is 45.9 Å². The van der Waals surface area contributed by atoms with Gasteiger partial charge >= 0.3 is 0 Å². The van der Waals surface area contributed by atoms with E-state index in [2.05, 4.69) is 10.2 Å². The van der Waals surface area contributed by atoms with E-state index in [1.807, 2.05) is 6.07 Å². The smallest absolute Gasteiger partial charge is 0.225 e. The molecule has 2 aliphatic heterocycles. The third kappa shape index (κ3) is 4.33. The first kappa shape index (κ1) is 16.0. The second-order valence-electron chi connectivity index (χ2n) is 5.99. The minimum atomic E-state index is -0.262. The Balaban J connectivity index is 1.42. The van der Waals surface area contributed by atoms with Crippen LogP contribution in [-0.2, 0) is 20.9 Å². The standard InChI is InChI=1S/C16H23N3O4/c20-15-10-13(16(21)17-11-14-2-1-7-23-14)12-19(15)4-3-18-5-8-22-9-6-18/h1-2,7,13H,3-6,8-12H2,(H,17,21). The van der Waals surface area contributed by atoms with Gasteiger partial charge in [-0.1, -0.05) is 0 Å². The molecule has 0 bridgehead atoms. The van der Waals surface area contributed by atoms with Crippen molar-refractivity contribution in [3.63, 3.8) is 0 Å². The van der Waals surface area contributed by atoms with Crippen molar-refractivity contribution in [3.05, 3.63) is 24.2 Å². The summed E-state index contributed by atoms with van der Waals surface area (Å²) in [5.74, 6) is 0.439. The lowest BCUT2D eigenvalue weighted by Gasteiger charge is -2.28. The highest BCUT2D eigenvalue weighted by Crippen LogP contribution is 2.18. The third-order valence-electron chi connectivity index (χ3n) is 4.39. The fourth-order valence-corrected chi connectivity index (χ4v) is 2.98. The van der Waals surface area contributed by atoms with Gasteiger partial charge in [0, 0.05) is 39.1 Å². The number of nitrogens with one attached hydrogen (secondary N) is 1. The summed E-state index contributed by atoms with van der Waals surface area (Å²) in [6, 6.07) is 3.60. The van der Waals surface area contributed by atoms with Gasteiger partial charge in [-0.05, 0) is 12.1 Å². The Morgan fingerprint density at radius 2 is 2.13 bits per heavy atom. The average molecular weight is 321 g/mol. The number of rotatable bonds is 6. The van der Waals surface area contributed by atoms with Crippen LogP contribution in [0.1, 0.15) is 12.2 Å². The quantitative estimate of drug-likeness (QED) is 0.803. The Morgan fingerprint density at radius 1 is 1.30 bits per heavy atom. The fourth-order valence-electron chi connectivity index (χ4n) is 2.98. The molecule has 1 aromatic heterocycles. The van der Waals surface area contributed by atoms with E-state index < -0.39 is 0 Å². The first-order valence-electron chi connectivity index (χ1n) is 8.10. The number of morpholine rings is 1. The maximum absolute atomic E-state index is 12.2. The van der Waals surface area contributed by atoms with Crippen LogP contribution < -0.4 is 5.32 Å². The SMILES string of the molecule is O=C(NCc1ccco1)C1CC(=O)N(CCN2CCOCC2)C1. The summed E-state index contributed by atoms with van der Waals surface area (Å²) >= 11 is 0. The van der Waals surface area contributed by atoms with E-state index in [-0.39, 0.29) is 17.7 Å². The molecule has 2 fully saturated rings. The van der Waals surface area contributed by atoms with Crippen LogP contribution >= 0.6 is 0 Å². The molecule has 0 radical (unpaired) electrons. The van der Waals surface area contributed by atoms with Crippen molar-refractivity contribution in [1.82, 2.24) is 15.1 Å². The number of likely N-dealkylation sites (tertiary alicyclic amines) is 1. The summed E-state index contributed by atoms with van der Waals surface area (Å²) in [6.45, 7) is 5.73. The van der Waals surface area contributed by atoms with E-state index in [9.17, 15) is 9.59 Å².